The molecule has 1 aliphatic rings. The maximum Gasteiger partial charge on any atom is 0.262 e. The highest BCUT2D eigenvalue weighted by Gasteiger charge is 2.18. The van der Waals surface area contributed by atoms with Gasteiger partial charge in [0.2, 0.25) is 0 Å². The second kappa shape index (κ2) is 6.57. The Morgan fingerprint density at radius 2 is 2.36 bits per heavy atom. The van der Waals surface area contributed by atoms with Gasteiger partial charge in [0.25, 0.3) is 5.91 Å². The lowest BCUT2D eigenvalue weighted by Gasteiger charge is -2.08. The normalized spacial score (nSPS) is 17.4. The van der Waals surface area contributed by atoms with Gasteiger partial charge >= 0.3 is 0 Å². The molecule has 1 aromatic carbocycles. The molecule has 1 fully saturated rings. The van der Waals surface area contributed by atoms with E-state index >= 15 is 0 Å². The first kappa shape index (κ1) is 14.5. The number of ether oxygens (including phenoxy) is 2. The summed E-state index contributed by atoms with van der Waals surface area (Å²) in [5.74, 6) is -0.814. The van der Waals surface area contributed by atoms with E-state index in [0.29, 0.717) is 12.3 Å². The molecule has 1 unspecified atom stereocenters. The summed E-state index contributed by atoms with van der Waals surface area (Å²) >= 11 is 0. The molecule has 2 heterocycles. The summed E-state index contributed by atoms with van der Waals surface area (Å²) in [6, 6.07) is 6.16. The number of rotatable bonds is 5. The Labute approximate surface area is 126 Å². The lowest BCUT2D eigenvalue weighted by atomic mass is 10.3. The van der Waals surface area contributed by atoms with Crippen LogP contribution in [0, 0.1) is 5.82 Å². The highest BCUT2D eigenvalue weighted by atomic mass is 19.1. The number of hydrogen-bond acceptors (Lipinski definition) is 4. The molecule has 3 rings (SSSR count). The molecule has 1 N–H and O–H groups in total. The van der Waals surface area contributed by atoms with E-state index in [1.807, 2.05) is 0 Å². The van der Waals surface area contributed by atoms with Crippen molar-refractivity contribution in [2.24, 2.45) is 0 Å². The second-order valence-electron chi connectivity index (χ2n) is 4.99. The molecule has 7 heteroatoms. The maximum atomic E-state index is 13.4. The number of benzene rings is 1. The molecular formula is C15H16FN3O3. The van der Waals surface area contributed by atoms with Gasteiger partial charge in [0.1, 0.15) is 0 Å². The lowest BCUT2D eigenvalue weighted by molar-refractivity contribution is -0.118. The summed E-state index contributed by atoms with van der Waals surface area (Å²) < 4.78 is 25.6. The number of nitrogens with one attached hydrogen (secondary N) is 1. The fourth-order valence-electron chi connectivity index (χ4n) is 2.24. The van der Waals surface area contributed by atoms with Gasteiger partial charge in [-0.15, -0.1) is 0 Å². The quantitative estimate of drug-likeness (QED) is 0.917. The van der Waals surface area contributed by atoms with Gasteiger partial charge in [-0.25, -0.2) is 4.39 Å². The van der Waals surface area contributed by atoms with Gasteiger partial charge in [0, 0.05) is 12.8 Å². The number of aromatic nitrogens is 2. The summed E-state index contributed by atoms with van der Waals surface area (Å²) in [6.07, 6.45) is 4.23. The standard InChI is InChI=1S/C15H16FN3O3/c16-13-3-1-2-4-14(13)22-10-15(20)18-11-7-17-19(8-11)12-5-6-21-9-12/h1-4,7-8,12H,5-6,9-10H2,(H,18,20). The van der Waals surface area contributed by atoms with Crippen molar-refractivity contribution in [1.29, 1.82) is 0 Å². The van der Waals surface area contributed by atoms with Gasteiger partial charge in [0.15, 0.2) is 18.2 Å². The van der Waals surface area contributed by atoms with E-state index in [1.165, 1.54) is 12.1 Å². The number of carbonyl (C=O) groups is 1. The molecule has 1 aliphatic heterocycles. The third-order valence-electron chi connectivity index (χ3n) is 3.36. The van der Waals surface area contributed by atoms with Crippen molar-refractivity contribution >= 4 is 11.6 Å². The molecule has 0 radical (unpaired) electrons. The predicted molar refractivity (Wildman–Crippen MR) is 77.2 cm³/mol. The minimum Gasteiger partial charge on any atom is -0.481 e. The van der Waals surface area contributed by atoms with Gasteiger partial charge < -0.3 is 14.8 Å². The lowest BCUT2D eigenvalue weighted by Crippen LogP contribution is -2.20. The number of para-hydroxylation sites is 1. The van der Waals surface area contributed by atoms with Gasteiger partial charge in [-0.05, 0) is 18.6 Å². The van der Waals surface area contributed by atoms with Crippen molar-refractivity contribution in [2.75, 3.05) is 25.1 Å². The van der Waals surface area contributed by atoms with Gasteiger partial charge in [-0.3, -0.25) is 9.48 Å². The molecule has 116 valence electrons. The topological polar surface area (TPSA) is 65.4 Å². The minimum atomic E-state index is -0.496. The van der Waals surface area contributed by atoms with E-state index in [0.717, 1.165) is 13.0 Å². The summed E-state index contributed by atoms with van der Waals surface area (Å²) in [6.45, 7) is 1.09. The maximum absolute atomic E-state index is 13.4. The van der Waals surface area contributed by atoms with Crippen molar-refractivity contribution in [1.82, 2.24) is 9.78 Å². The zero-order valence-electron chi connectivity index (χ0n) is 11.9. The molecule has 22 heavy (non-hydrogen) atoms. The zero-order valence-corrected chi connectivity index (χ0v) is 11.9. The Hall–Kier alpha value is -2.41. The average Bonchev–Trinajstić information content (AvgIpc) is 3.17. The number of anilines is 1. The van der Waals surface area contributed by atoms with E-state index in [-0.39, 0.29) is 24.3 Å². The van der Waals surface area contributed by atoms with Crippen LogP contribution >= 0.6 is 0 Å². The molecule has 0 bridgehead atoms. The molecular weight excluding hydrogens is 289 g/mol. The summed E-state index contributed by atoms with van der Waals surface area (Å²) in [7, 11) is 0. The first-order chi connectivity index (χ1) is 10.7. The van der Waals surface area contributed by atoms with E-state index in [4.69, 9.17) is 9.47 Å². The van der Waals surface area contributed by atoms with Crippen molar-refractivity contribution in [3.05, 3.63) is 42.5 Å². The summed E-state index contributed by atoms with van der Waals surface area (Å²) in [5, 5.41) is 6.87. The van der Waals surface area contributed by atoms with Crippen LogP contribution in [0.25, 0.3) is 0 Å². The first-order valence-electron chi connectivity index (χ1n) is 7.01. The fraction of sp³-hybridized carbons (Fsp3) is 0.333. The average molecular weight is 305 g/mol. The molecule has 1 amide bonds. The Morgan fingerprint density at radius 1 is 1.50 bits per heavy atom. The smallest absolute Gasteiger partial charge is 0.262 e. The Balaban J connectivity index is 1.52. The van der Waals surface area contributed by atoms with Crippen molar-refractivity contribution < 1.29 is 18.7 Å². The highest BCUT2D eigenvalue weighted by Crippen LogP contribution is 2.20. The number of nitrogens with zero attached hydrogens (tertiary/aromatic N) is 2. The molecule has 1 saturated heterocycles. The number of amides is 1. The fourth-order valence-corrected chi connectivity index (χ4v) is 2.24. The molecule has 0 spiro atoms. The van der Waals surface area contributed by atoms with Crippen molar-refractivity contribution in [3.8, 4) is 5.75 Å². The first-order valence-corrected chi connectivity index (χ1v) is 7.01. The van der Waals surface area contributed by atoms with Crippen LogP contribution in [0.5, 0.6) is 5.75 Å². The predicted octanol–water partition coefficient (Wildman–Crippen LogP) is 2.00. The van der Waals surface area contributed by atoms with Crippen LogP contribution in [0.3, 0.4) is 0 Å². The van der Waals surface area contributed by atoms with E-state index < -0.39 is 5.82 Å². The van der Waals surface area contributed by atoms with E-state index in [9.17, 15) is 9.18 Å². The zero-order chi connectivity index (χ0) is 15.4. The van der Waals surface area contributed by atoms with Gasteiger partial charge in [0.05, 0.1) is 24.5 Å². The largest absolute Gasteiger partial charge is 0.481 e. The molecule has 1 atom stereocenters. The van der Waals surface area contributed by atoms with Crippen LogP contribution in [0.1, 0.15) is 12.5 Å². The Kier molecular flexibility index (Phi) is 4.34. The van der Waals surface area contributed by atoms with Crippen LogP contribution in [0.2, 0.25) is 0 Å². The minimum absolute atomic E-state index is 0.0523. The van der Waals surface area contributed by atoms with Crippen LogP contribution in [-0.2, 0) is 9.53 Å². The summed E-state index contributed by atoms with van der Waals surface area (Å²) in [5.41, 5.74) is 0.578. The Bertz CT molecular complexity index is 653. The molecule has 0 aliphatic carbocycles. The van der Waals surface area contributed by atoms with Crippen molar-refractivity contribution in [3.63, 3.8) is 0 Å². The van der Waals surface area contributed by atoms with Gasteiger partial charge in [-0.1, -0.05) is 12.1 Å². The van der Waals surface area contributed by atoms with E-state index in [1.54, 1.807) is 29.2 Å². The van der Waals surface area contributed by atoms with Crippen LogP contribution in [-0.4, -0.2) is 35.5 Å². The monoisotopic (exact) mass is 305 g/mol. The van der Waals surface area contributed by atoms with Crippen LogP contribution in [0.4, 0.5) is 10.1 Å². The highest BCUT2D eigenvalue weighted by molar-refractivity contribution is 5.91. The van der Waals surface area contributed by atoms with Gasteiger partial charge in [-0.2, -0.15) is 5.10 Å². The number of carbonyl (C=O) groups excluding carboxylic acids is 1. The van der Waals surface area contributed by atoms with Crippen LogP contribution in [0.15, 0.2) is 36.7 Å². The third kappa shape index (κ3) is 3.43. The Morgan fingerprint density at radius 3 is 3.14 bits per heavy atom. The van der Waals surface area contributed by atoms with E-state index in [2.05, 4.69) is 10.4 Å². The molecule has 0 saturated carbocycles. The third-order valence-corrected chi connectivity index (χ3v) is 3.36. The second-order valence-corrected chi connectivity index (χ2v) is 4.99. The van der Waals surface area contributed by atoms with Crippen molar-refractivity contribution in [2.45, 2.75) is 12.5 Å². The van der Waals surface area contributed by atoms with Crippen LogP contribution < -0.4 is 10.1 Å². The molecule has 1 aromatic heterocycles. The SMILES string of the molecule is O=C(COc1ccccc1F)Nc1cnn(C2CCOC2)c1. The number of hydrogen-bond donors (Lipinski definition) is 1. The summed E-state index contributed by atoms with van der Waals surface area (Å²) in [4.78, 5) is 11.8. The molecule has 6 nitrogen and oxygen atoms in total. The molecule has 2 aromatic rings. The number of halogens is 1.